The number of hydrogen-bond acceptors (Lipinski definition) is 2. The summed E-state index contributed by atoms with van der Waals surface area (Å²) >= 11 is 6.27. The Kier molecular flexibility index (Phi) is 4.38. The van der Waals surface area contributed by atoms with Crippen molar-refractivity contribution in [1.29, 1.82) is 0 Å². The molecule has 0 fully saturated rings. The van der Waals surface area contributed by atoms with E-state index in [1.807, 2.05) is 41.1 Å². The molecule has 3 N–H and O–H groups in total. The third kappa shape index (κ3) is 2.42. The van der Waals surface area contributed by atoms with Gasteiger partial charge in [0.1, 0.15) is 5.50 Å². The van der Waals surface area contributed by atoms with Gasteiger partial charge < -0.3 is 15.6 Å². The van der Waals surface area contributed by atoms with Gasteiger partial charge in [0.2, 0.25) is 0 Å². The average Bonchev–Trinajstić information content (AvgIpc) is 2.81. The van der Waals surface area contributed by atoms with Crippen LogP contribution in [0.3, 0.4) is 0 Å². The first-order valence-electron chi connectivity index (χ1n) is 6.12. The van der Waals surface area contributed by atoms with Crippen molar-refractivity contribution in [3.63, 3.8) is 0 Å². The van der Waals surface area contributed by atoms with Crippen molar-refractivity contribution in [2.24, 2.45) is 5.73 Å². The Hall–Kier alpha value is -1.49. The van der Waals surface area contributed by atoms with E-state index in [4.69, 9.17) is 17.3 Å². The lowest BCUT2D eigenvalue weighted by Gasteiger charge is -2.22. The number of nitrogens with two attached hydrogens (primary N) is 1. The van der Waals surface area contributed by atoms with E-state index < -0.39 is 5.91 Å². The van der Waals surface area contributed by atoms with E-state index in [0.29, 0.717) is 18.7 Å². The van der Waals surface area contributed by atoms with E-state index in [9.17, 15) is 4.79 Å². The lowest BCUT2D eigenvalue weighted by atomic mass is 10.0. The second-order valence-electron chi connectivity index (χ2n) is 4.57. The van der Waals surface area contributed by atoms with Crippen molar-refractivity contribution in [2.75, 3.05) is 6.54 Å². The number of rotatable bonds is 2. The van der Waals surface area contributed by atoms with Gasteiger partial charge in [-0.2, -0.15) is 0 Å². The molecule has 1 unspecified atom stereocenters. The molecular weight excluding hydrogens is 297 g/mol. The highest BCUT2D eigenvalue weighted by molar-refractivity contribution is 6.19. The summed E-state index contributed by atoms with van der Waals surface area (Å²) in [5.74, 6) is -0.417. The number of fused-ring (bicyclic) bond motifs is 1. The second-order valence-corrected chi connectivity index (χ2v) is 5.07. The predicted octanol–water partition coefficient (Wildman–Crippen LogP) is 2.52. The van der Waals surface area contributed by atoms with Crippen molar-refractivity contribution in [2.45, 2.75) is 12.0 Å². The SMILES string of the molecule is Cl.NC(=O)c1c(-c2ccccc2)cn2c1CNCC2Cl. The van der Waals surface area contributed by atoms with Crippen LogP contribution in [0.25, 0.3) is 11.1 Å². The van der Waals surface area contributed by atoms with Crippen LogP contribution in [0.2, 0.25) is 0 Å². The number of aromatic nitrogens is 1. The molecule has 20 heavy (non-hydrogen) atoms. The quantitative estimate of drug-likeness (QED) is 0.837. The summed E-state index contributed by atoms with van der Waals surface area (Å²) in [5, 5.41) is 3.19. The highest BCUT2D eigenvalue weighted by Gasteiger charge is 2.26. The molecule has 0 saturated carbocycles. The average molecular weight is 312 g/mol. The van der Waals surface area contributed by atoms with Crippen molar-refractivity contribution < 1.29 is 4.79 Å². The molecule has 2 aromatic rings. The Bertz CT molecular complexity index is 625. The minimum atomic E-state index is -0.417. The van der Waals surface area contributed by atoms with E-state index >= 15 is 0 Å². The molecule has 0 bridgehead atoms. The van der Waals surface area contributed by atoms with Crippen LogP contribution in [-0.2, 0) is 6.54 Å². The van der Waals surface area contributed by atoms with E-state index in [1.165, 1.54) is 0 Å². The smallest absolute Gasteiger partial charge is 0.251 e. The van der Waals surface area contributed by atoms with Crippen LogP contribution in [0.15, 0.2) is 36.5 Å². The van der Waals surface area contributed by atoms with Gasteiger partial charge in [-0.15, -0.1) is 12.4 Å². The van der Waals surface area contributed by atoms with Gasteiger partial charge in [0, 0.05) is 30.5 Å². The van der Waals surface area contributed by atoms with Gasteiger partial charge in [-0.1, -0.05) is 41.9 Å². The molecule has 106 valence electrons. The van der Waals surface area contributed by atoms with Crippen LogP contribution in [0.5, 0.6) is 0 Å². The summed E-state index contributed by atoms with van der Waals surface area (Å²) in [5.41, 5.74) is 8.58. The zero-order chi connectivity index (χ0) is 13.4. The molecule has 4 nitrogen and oxygen atoms in total. The van der Waals surface area contributed by atoms with Crippen LogP contribution < -0.4 is 11.1 Å². The number of alkyl halides is 1. The summed E-state index contributed by atoms with van der Waals surface area (Å²) in [4.78, 5) is 11.8. The lowest BCUT2D eigenvalue weighted by Crippen LogP contribution is -2.31. The number of halogens is 2. The number of benzene rings is 1. The van der Waals surface area contributed by atoms with Gasteiger partial charge in [0.15, 0.2) is 0 Å². The Morgan fingerprint density at radius 2 is 2.05 bits per heavy atom. The van der Waals surface area contributed by atoms with Gasteiger partial charge in [-0.05, 0) is 5.56 Å². The zero-order valence-corrected chi connectivity index (χ0v) is 12.2. The number of carbonyl (C=O) groups excluding carboxylic acids is 1. The van der Waals surface area contributed by atoms with Gasteiger partial charge in [-0.3, -0.25) is 4.79 Å². The fraction of sp³-hybridized carbons (Fsp3) is 0.214. The minimum absolute atomic E-state index is 0. The van der Waals surface area contributed by atoms with E-state index in [2.05, 4.69) is 5.32 Å². The minimum Gasteiger partial charge on any atom is -0.366 e. The molecule has 3 rings (SSSR count). The third-order valence-electron chi connectivity index (χ3n) is 3.38. The van der Waals surface area contributed by atoms with Crippen molar-refractivity contribution in [1.82, 2.24) is 9.88 Å². The zero-order valence-electron chi connectivity index (χ0n) is 10.7. The number of carbonyl (C=O) groups is 1. The van der Waals surface area contributed by atoms with Gasteiger partial charge in [0.05, 0.1) is 5.56 Å². The number of amides is 1. The van der Waals surface area contributed by atoms with Crippen molar-refractivity contribution >= 4 is 29.9 Å². The Morgan fingerprint density at radius 1 is 1.35 bits per heavy atom. The highest BCUT2D eigenvalue weighted by Crippen LogP contribution is 2.32. The molecule has 1 amide bonds. The summed E-state index contributed by atoms with van der Waals surface area (Å²) in [6.07, 6.45) is 1.92. The molecule has 2 heterocycles. The molecule has 1 aliphatic heterocycles. The predicted molar refractivity (Wildman–Crippen MR) is 82.2 cm³/mol. The number of nitrogens with one attached hydrogen (secondary N) is 1. The van der Waals surface area contributed by atoms with Crippen LogP contribution in [0.4, 0.5) is 0 Å². The fourth-order valence-electron chi connectivity index (χ4n) is 2.52. The Labute approximate surface area is 128 Å². The molecule has 1 aromatic carbocycles. The van der Waals surface area contributed by atoms with Crippen LogP contribution in [0, 0.1) is 0 Å². The monoisotopic (exact) mass is 311 g/mol. The normalized spacial score (nSPS) is 17.1. The van der Waals surface area contributed by atoms with E-state index in [0.717, 1.165) is 16.8 Å². The molecule has 1 aliphatic rings. The second kappa shape index (κ2) is 5.87. The Balaban J connectivity index is 0.00000147. The first-order valence-corrected chi connectivity index (χ1v) is 6.56. The molecule has 1 atom stereocenters. The number of primary amides is 1. The van der Waals surface area contributed by atoms with Gasteiger partial charge in [0.25, 0.3) is 5.91 Å². The van der Waals surface area contributed by atoms with E-state index in [-0.39, 0.29) is 17.9 Å². The third-order valence-corrected chi connectivity index (χ3v) is 3.74. The maximum absolute atomic E-state index is 11.8. The van der Waals surface area contributed by atoms with Crippen LogP contribution >= 0.6 is 24.0 Å². The molecule has 1 aromatic heterocycles. The fourth-order valence-corrected chi connectivity index (χ4v) is 2.80. The molecule has 0 saturated heterocycles. The largest absolute Gasteiger partial charge is 0.366 e. The van der Waals surface area contributed by atoms with Crippen molar-refractivity contribution in [3.8, 4) is 11.1 Å². The first kappa shape index (κ1) is 14.9. The summed E-state index contributed by atoms with van der Waals surface area (Å²) in [7, 11) is 0. The summed E-state index contributed by atoms with van der Waals surface area (Å²) in [6.45, 7) is 1.28. The van der Waals surface area contributed by atoms with Crippen LogP contribution in [-0.4, -0.2) is 17.0 Å². The molecule has 0 spiro atoms. The standard InChI is InChI=1S/C14H14ClN3O.ClH/c15-12-7-17-6-11-13(14(16)19)10(8-18(11)12)9-4-2-1-3-5-9;/h1-5,8,12,17H,6-7H2,(H2,16,19);1H. The maximum atomic E-state index is 11.8. The van der Waals surface area contributed by atoms with E-state index in [1.54, 1.807) is 0 Å². The maximum Gasteiger partial charge on any atom is 0.251 e. The number of nitrogens with zero attached hydrogens (tertiary/aromatic N) is 1. The lowest BCUT2D eigenvalue weighted by molar-refractivity contribution is 0.0999. The molecular formula is C14H15Cl2N3O. The highest BCUT2D eigenvalue weighted by atomic mass is 35.5. The van der Waals surface area contributed by atoms with Gasteiger partial charge >= 0.3 is 0 Å². The molecule has 0 radical (unpaired) electrons. The molecule has 0 aliphatic carbocycles. The van der Waals surface area contributed by atoms with Crippen molar-refractivity contribution in [3.05, 3.63) is 47.8 Å². The molecule has 6 heteroatoms. The number of hydrogen-bond donors (Lipinski definition) is 2. The first-order chi connectivity index (χ1) is 9.18. The summed E-state index contributed by atoms with van der Waals surface area (Å²) in [6, 6.07) is 9.74. The topological polar surface area (TPSA) is 60.1 Å². The summed E-state index contributed by atoms with van der Waals surface area (Å²) < 4.78 is 1.93. The van der Waals surface area contributed by atoms with Crippen LogP contribution in [0.1, 0.15) is 21.6 Å². The Morgan fingerprint density at radius 3 is 2.70 bits per heavy atom. The van der Waals surface area contributed by atoms with Gasteiger partial charge in [-0.25, -0.2) is 0 Å².